The molecule has 2 aromatic rings. The zero-order chi connectivity index (χ0) is 18.9. The molecule has 0 aliphatic carbocycles. The van der Waals surface area contributed by atoms with Crippen molar-refractivity contribution >= 4 is 39.9 Å². The lowest BCUT2D eigenvalue weighted by molar-refractivity contribution is 0.473. The minimum atomic E-state index is 0.150. The number of nitrogens with zero attached hydrogens (tertiary/aromatic N) is 2. The van der Waals surface area contributed by atoms with Crippen LogP contribution in [0, 0.1) is 13.8 Å². The maximum atomic E-state index is 10.2. The van der Waals surface area contributed by atoms with E-state index >= 15 is 0 Å². The molecule has 5 heteroatoms. The Morgan fingerprint density at radius 3 is 2.58 bits per heavy atom. The number of allylic oxidation sites excluding steroid dienone is 2. The van der Waals surface area contributed by atoms with E-state index in [0.717, 1.165) is 21.3 Å². The second kappa shape index (κ2) is 9.73. The Hall–Kier alpha value is -2.66. The van der Waals surface area contributed by atoms with Crippen molar-refractivity contribution in [1.29, 1.82) is 0 Å². The molecule has 0 fully saturated rings. The fraction of sp³-hybridized carbons (Fsp3) is 0.143. The first-order valence-electron chi connectivity index (χ1n) is 8.21. The normalized spacial score (nSPS) is 12.5. The van der Waals surface area contributed by atoms with Crippen LogP contribution in [0.5, 0.6) is 5.75 Å². The molecule has 4 nitrogen and oxygen atoms in total. The van der Waals surface area contributed by atoms with Crippen LogP contribution in [0.25, 0.3) is 5.70 Å². The molecular formula is C21H22BrN3O. The molecule has 2 aromatic carbocycles. The van der Waals surface area contributed by atoms with Gasteiger partial charge in [-0.25, -0.2) is 9.98 Å². The quantitative estimate of drug-likeness (QED) is 0.461. The van der Waals surface area contributed by atoms with Gasteiger partial charge in [-0.1, -0.05) is 40.2 Å². The Kier molecular flexibility index (Phi) is 7.36. The van der Waals surface area contributed by atoms with Gasteiger partial charge in [0.05, 0.1) is 5.70 Å². The van der Waals surface area contributed by atoms with Gasteiger partial charge in [0.25, 0.3) is 0 Å². The predicted octanol–water partition coefficient (Wildman–Crippen LogP) is 5.86. The number of phenols is 1. The van der Waals surface area contributed by atoms with Crippen LogP contribution in [0.15, 0.2) is 69.2 Å². The summed E-state index contributed by atoms with van der Waals surface area (Å²) in [6, 6.07) is 11.3. The molecule has 2 N–H and O–H groups in total. The van der Waals surface area contributed by atoms with E-state index in [1.807, 2.05) is 57.2 Å². The Bertz CT molecular complexity index is 863. The SMILES string of the molecule is C\C=C/C=N\C=N\C(=C\Nc1c(C)cccc1C)c1cc(Br)ccc1O. The summed E-state index contributed by atoms with van der Waals surface area (Å²) >= 11 is 3.44. The van der Waals surface area contributed by atoms with Crippen molar-refractivity contribution < 1.29 is 5.11 Å². The van der Waals surface area contributed by atoms with E-state index in [1.54, 1.807) is 24.5 Å². The van der Waals surface area contributed by atoms with Gasteiger partial charge in [0.2, 0.25) is 0 Å². The zero-order valence-electron chi connectivity index (χ0n) is 15.1. The van der Waals surface area contributed by atoms with Crippen LogP contribution < -0.4 is 5.32 Å². The van der Waals surface area contributed by atoms with Gasteiger partial charge in [0, 0.05) is 28.1 Å². The summed E-state index contributed by atoms with van der Waals surface area (Å²) in [5.41, 5.74) is 4.47. The van der Waals surface area contributed by atoms with E-state index in [1.165, 1.54) is 6.34 Å². The molecule has 0 radical (unpaired) electrons. The van der Waals surface area contributed by atoms with Crippen molar-refractivity contribution in [2.45, 2.75) is 20.8 Å². The zero-order valence-corrected chi connectivity index (χ0v) is 16.7. The Morgan fingerprint density at radius 2 is 1.88 bits per heavy atom. The van der Waals surface area contributed by atoms with Crippen molar-refractivity contribution in [3.63, 3.8) is 0 Å². The third-order valence-electron chi connectivity index (χ3n) is 3.70. The highest BCUT2D eigenvalue weighted by atomic mass is 79.9. The number of anilines is 1. The van der Waals surface area contributed by atoms with Gasteiger partial charge in [-0.05, 0) is 56.2 Å². The molecule has 0 atom stereocenters. The first-order valence-corrected chi connectivity index (χ1v) is 9.01. The lowest BCUT2D eigenvalue weighted by atomic mass is 10.1. The fourth-order valence-corrected chi connectivity index (χ4v) is 2.71. The largest absolute Gasteiger partial charge is 0.507 e. The summed E-state index contributed by atoms with van der Waals surface area (Å²) in [6.07, 6.45) is 8.59. The first-order chi connectivity index (χ1) is 12.5. The molecule has 0 aliphatic rings. The third-order valence-corrected chi connectivity index (χ3v) is 4.19. The van der Waals surface area contributed by atoms with E-state index in [2.05, 4.69) is 31.2 Å². The molecule has 0 spiro atoms. The molecule has 0 heterocycles. The lowest BCUT2D eigenvalue weighted by Crippen LogP contribution is -1.96. The van der Waals surface area contributed by atoms with Crippen LogP contribution in [0.1, 0.15) is 23.6 Å². The number of aliphatic imine (C=N–C) groups is 2. The number of hydrogen-bond acceptors (Lipinski definition) is 3. The summed E-state index contributed by atoms with van der Waals surface area (Å²) in [4.78, 5) is 8.51. The van der Waals surface area contributed by atoms with Crippen molar-refractivity contribution in [2.24, 2.45) is 9.98 Å². The monoisotopic (exact) mass is 411 g/mol. The van der Waals surface area contributed by atoms with Gasteiger partial charge < -0.3 is 10.4 Å². The molecule has 0 bridgehead atoms. The number of aryl methyl sites for hydroxylation is 2. The molecule has 0 saturated heterocycles. The van der Waals surface area contributed by atoms with E-state index in [4.69, 9.17) is 0 Å². The number of phenolic OH excluding ortho intramolecular Hbond substituents is 1. The smallest absolute Gasteiger partial charge is 0.125 e. The Morgan fingerprint density at radius 1 is 1.15 bits per heavy atom. The average Bonchev–Trinajstić information content (AvgIpc) is 2.61. The first kappa shape index (κ1) is 19.7. The molecule has 0 aliphatic heterocycles. The van der Waals surface area contributed by atoms with Crippen LogP contribution in [-0.4, -0.2) is 17.7 Å². The van der Waals surface area contributed by atoms with Crippen molar-refractivity contribution in [3.05, 3.63) is 75.9 Å². The van der Waals surface area contributed by atoms with Crippen LogP contribution in [0.2, 0.25) is 0 Å². The van der Waals surface area contributed by atoms with Gasteiger partial charge in [0.15, 0.2) is 0 Å². The highest BCUT2D eigenvalue weighted by Crippen LogP contribution is 2.30. The average molecular weight is 412 g/mol. The molecule has 134 valence electrons. The highest BCUT2D eigenvalue weighted by molar-refractivity contribution is 9.10. The number of rotatable bonds is 6. The summed E-state index contributed by atoms with van der Waals surface area (Å²) in [6.45, 7) is 6.01. The van der Waals surface area contributed by atoms with E-state index in [0.29, 0.717) is 11.3 Å². The van der Waals surface area contributed by atoms with Crippen LogP contribution in [0.4, 0.5) is 5.69 Å². The number of nitrogens with one attached hydrogen (secondary N) is 1. The fourth-order valence-electron chi connectivity index (χ4n) is 2.35. The summed E-state index contributed by atoms with van der Waals surface area (Å²) in [7, 11) is 0. The molecule has 0 saturated carbocycles. The summed E-state index contributed by atoms with van der Waals surface area (Å²) in [5.74, 6) is 0.150. The van der Waals surface area contributed by atoms with Crippen molar-refractivity contribution in [2.75, 3.05) is 5.32 Å². The number of halogens is 1. The molecule has 0 amide bonds. The Labute approximate surface area is 162 Å². The maximum Gasteiger partial charge on any atom is 0.125 e. The van der Waals surface area contributed by atoms with E-state index < -0.39 is 0 Å². The van der Waals surface area contributed by atoms with Gasteiger partial charge in [0.1, 0.15) is 12.1 Å². The number of para-hydroxylation sites is 1. The van der Waals surface area contributed by atoms with Crippen molar-refractivity contribution in [3.8, 4) is 5.75 Å². The van der Waals surface area contributed by atoms with E-state index in [-0.39, 0.29) is 5.75 Å². The molecule has 26 heavy (non-hydrogen) atoms. The standard InChI is InChI=1S/C21H22BrN3O/c1-4-5-11-23-14-25-19(18-12-17(22)9-10-20(18)26)13-24-21-15(2)7-6-8-16(21)3/h4-14,24,26H,1-3H3/b5-4-,19-13+,23-11-,25-14+. The van der Waals surface area contributed by atoms with Crippen LogP contribution >= 0.6 is 15.9 Å². The number of benzene rings is 2. The Balaban J connectivity index is 2.41. The lowest BCUT2D eigenvalue weighted by Gasteiger charge is -2.11. The summed E-state index contributed by atoms with van der Waals surface area (Å²) in [5, 5.41) is 13.6. The molecular weight excluding hydrogens is 390 g/mol. The second-order valence-corrected chi connectivity index (χ2v) is 6.59. The van der Waals surface area contributed by atoms with Gasteiger partial charge in [-0.2, -0.15) is 0 Å². The molecule has 2 rings (SSSR count). The van der Waals surface area contributed by atoms with Crippen LogP contribution in [0.3, 0.4) is 0 Å². The number of hydrogen-bond donors (Lipinski definition) is 2. The minimum absolute atomic E-state index is 0.150. The van der Waals surface area contributed by atoms with Gasteiger partial charge >= 0.3 is 0 Å². The minimum Gasteiger partial charge on any atom is -0.507 e. The topological polar surface area (TPSA) is 57.0 Å². The van der Waals surface area contributed by atoms with Gasteiger partial charge in [-0.3, -0.25) is 0 Å². The highest BCUT2D eigenvalue weighted by Gasteiger charge is 2.08. The van der Waals surface area contributed by atoms with E-state index in [9.17, 15) is 5.11 Å². The molecule has 0 unspecified atom stereocenters. The predicted molar refractivity (Wildman–Crippen MR) is 115 cm³/mol. The maximum absolute atomic E-state index is 10.2. The van der Waals surface area contributed by atoms with Crippen LogP contribution in [-0.2, 0) is 0 Å². The third kappa shape index (κ3) is 5.43. The van der Waals surface area contributed by atoms with Crippen molar-refractivity contribution in [1.82, 2.24) is 0 Å². The van der Waals surface area contributed by atoms with Gasteiger partial charge in [-0.15, -0.1) is 0 Å². The summed E-state index contributed by atoms with van der Waals surface area (Å²) < 4.78 is 0.857. The second-order valence-electron chi connectivity index (χ2n) is 5.67. The molecule has 0 aromatic heterocycles. The number of aromatic hydroxyl groups is 1.